The maximum atomic E-state index is 13.0. The van der Waals surface area contributed by atoms with Crippen LogP contribution in [0, 0.1) is 5.92 Å². The number of nitrogens with zero attached hydrogens (tertiary/aromatic N) is 1. The molecule has 1 atom stereocenters. The van der Waals surface area contributed by atoms with Gasteiger partial charge < -0.3 is 10.1 Å². The van der Waals surface area contributed by atoms with Gasteiger partial charge in [0.25, 0.3) is 0 Å². The van der Waals surface area contributed by atoms with Crippen LogP contribution >= 0.6 is 15.9 Å². The van der Waals surface area contributed by atoms with Crippen molar-refractivity contribution in [2.75, 3.05) is 19.7 Å². The van der Waals surface area contributed by atoms with E-state index in [2.05, 4.69) is 21.2 Å². The highest BCUT2D eigenvalue weighted by molar-refractivity contribution is 9.10. The molecule has 1 saturated heterocycles. The summed E-state index contributed by atoms with van der Waals surface area (Å²) in [6, 6.07) is 6.48. The van der Waals surface area contributed by atoms with Crippen LogP contribution in [0.3, 0.4) is 0 Å². The molecule has 1 N–H and O–H groups in total. The summed E-state index contributed by atoms with van der Waals surface area (Å²) in [6.45, 7) is 2.50. The van der Waals surface area contributed by atoms with Crippen LogP contribution in [0.25, 0.3) is 0 Å². The molecule has 1 aliphatic carbocycles. The Hall–Kier alpha value is -1.45. The van der Waals surface area contributed by atoms with Crippen LogP contribution in [0.1, 0.15) is 45.4 Å². The number of amides is 1. The van der Waals surface area contributed by atoms with Crippen molar-refractivity contribution in [3.8, 4) is 0 Å². The smallest absolute Gasteiger partial charge is 0.331 e. The van der Waals surface area contributed by atoms with Crippen molar-refractivity contribution in [3.63, 3.8) is 0 Å². The second-order valence-electron chi connectivity index (χ2n) is 7.66. The maximum Gasteiger partial charge on any atom is 0.331 e. The van der Waals surface area contributed by atoms with Crippen molar-refractivity contribution in [2.45, 2.75) is 55.9 Å². The Labute approximate surface area is 180 Å². The van der Waals surface area contributed by atoms with E-state index in [0.717, 1.165) is 17.3 Å². The highest BCUT2D eigenvalue weighted by Gasteiger charge is 2.45. The third-order valence-electron chi connectivity index (χ3n) is 5.69. The molecule has 7 nitrogen and oxygen atoms in total. The van der Waals surface area contributed by atoms with Crippen LogP contribution in [0.15, 0.2) is 33.6 Å². The molecule has 1 amide bonds. The zero-order valence-electron chi connectivity index (χ0n) is 16.5. The molecule has 0 spiro atoms. The van der Waals surface area contributed by atoms with Gasteiger partial charge in [-0.05, 0) is 56.9 Å². The molecule has 0 bridgehead atoms. The number of sulfonamides is 1. The predicted molar refractivity (Wildman–Crippen MR) is 112 cm³/mol. The van der Waals surface area contributed by atoms with E-state index in [9.17, 15) is 18.0 Å². The van der Waals surface area contributed by atoms with Crippen LogP contribution < -0.4 is 5.32 Å². The Morgan fingerprint density at radius 2 is 1.86 bits per heavy atom. The molecular formula is C20H27BrN2O5S. The van der Waals surface area contributed by atoms with Gasteiger partial charge in [0.1, 0.15) is 5.54 Å². The molecule has 1 unspecified atom stereocenters. The van der Waals surface area contributed by atoms with Crippen molar-refractivity contribution >= 4 is 37.8 Å². The van der Waals surface area contributed by atoms with E-state index in [1.165, 1.54) is 4.31 Å². The van der Waals surface area contributed by atoms with Crippen LogP contribution in [-0.4, -0.2) is 49.8 Å². The lowest BCUT2D eigenvalue weighted by atomic mass is 9.93. The van der Waals surface area contributed by atoms with Gasteiger partial charge in [-0.15, -0.1) is 0 Å². The van der Waals surface area contributed by atoms with Gasteiger partial charge in [0, 0.05) is 17.6 Å². The van der Waals surface area contributed by atoms with Crippen LogP contribution in [-0.2, 0) is 24.3 Å². The van der Waals surface area contributed by atoms with Crippen molar-refractivity contribution in [1.82, 2.24) is 9.62 Å². The van der Waals surface area contributed by atoms with Crippen LogP contribution in [0.4, 0.5) is 0 Å². The Morgan fingerprint density at radius 3 is 2.48 bits per heavy atom. The van der Waals surface area contributed by atoms with Gasteiger partial charge in [0.2, 0.25) is 15.9 Å². The molecule has 1 aromatic carbocycles. The maximum absolute atomic E-state index is 13.0. The Bertz CT molecular complexity index is 850. The summed E-state index contributed by atoms with van der Waals surface area (Å²) >= 11 is 3.31. The zero-order chi connectivity index (χ0) is 21.1. The number of halogens is 1. The molecule has 0 aromatic heterocycles. The average molecular weight is 487 g/mol. The van der Waals surface area contributed by atoms with Crippen molar-refractivity contribution in [2.24, 2.45) is 5.92 Å². The lowest BCUT2D eigenvalue weighted by molar-refractivity contribution is -0.153. The van der Waals surface area contributed by atoms with Crippen molar-refractivity contribution in [1.29, 1.82) is 0 Å². The lowest BCUT2D eigenvalue weighted by Crippen LogP contribution is -2.56. The lowest BCUT2D eigenvalue weighted by Gasteiger charge is -2.34. The molecular weight excluding hydrogens is 460 g/mol. The minimum Gasteiger partial charge on any atom is -0.464 e. The zero-order valence-corrected chi connectivity index (χ0v) is 18.9. The number of carbonyl (C=O) groups is 2. The summed E-state index contributed by atoms with van der Waals surface area (Å²) in [6.07, 6.45) is 4.02. The fourth-order valence-corrected chi connectivity index (χ4v) is 5.88. The molecule has 2 aliphatic rings. The monoisotopic (exact) mass is 486 g/mol. The number of hydrogen-bond acceptors (Lipinski definition) is 5. The number of piperidine rings is 1. The number of nitrogens with one attached hydrogen (secondary N) is 1. The first kappa shape index (κ1) is 22.2. The molecule has 1 aliphatic heterocycles. The minimum atomic E-state index is -3.67. The summed E-state index contributed by atoms with van der Waals surface area (Å²) in [4.78, 5) is 25.7. The van der Waals surface area contributed by atoms with Crippen molar-refractivity contribution < 1.29 is 22.7 Å². The first-order valence-electron chi connectivity index (χ1n) is 10.0. The molecule has 2 fully saturated rings. The largest absolute Gasteiger partial charge is 0.464 e. The molecule has 29 heavy (non-hydrogen) atoms. The second-order valence-corrected chi connectivity index (χ2v) is 10.5. The van der Waals surface area contributed by atoms with E-state index >= 15 is 0 Å². The number of ether oxygens (including phenoxy) is 1. The van der Waals surface area contributed by atoms with E-state index < -0.39 is 21.5 Å². The summed E-state index contributed by atoms with van der Waals surface area (Å²) in [5.41, 5.74) is -0.972. The van der Waals surface area contributed by atoms with E-state index in [-0.39, 0.29) is 29.9 Å². The van der Waals surface area contributed by atoms with Gasteiger partial charge in [-0.1, -0.05) is 28.8 Å². The van der Waals surface area contributed by atoms with Gasteiger partial charge in [-0.25, -0.2) is 13.2 Å². The predicted octanol–water partition coefficient (Wildman–Crippen LogP) is 2.84. The fourth-order valence-electron chi connectivity index (χ4n) is 4.10. The normalized spacial score (nSPS) is 22.2. The Kier molecular flexibility index (Phi) is 7.01. The molecule has 9 heteroatoms. The van der Waals surface area contributed by atoms with Gasteiger partial charge in [0.05, 0.1) is 17.4 Å². The van der Waals surface area contributed by atoms with Gasteiger partial charge in [-0.2, -0.15) is 4.31 Å². The molecule has 3 rings (SSSR count). The fraction of sp³-hybridized carbons (Fsp3) is 0.600. The Morgan fingerprint density at radius 1 is 1.21 bits per heavy atom. The van der Waals surface area contributed by atoms with E-state index in [1.807, 2.05) is 0 Å². The number of hydrogen-bond donors (Lipinski definition) is 1. The first-order chi connectivity index (χ1) is 13.8. The van der Waals surface area contributed by atoms with Crippen LogP contribution in [0.2, 0.25) is 0 Å². The molecule has 1 saturated carbocycles. The second kappa shape index (κ2) is 9.14. The number of benzene rings is 1. The molecule has 1 heterocycles. The molecule has 0 radical (unpaired) electrons. The summed E-state index contributed by atoms with van der Waals surface area (Å²) in [5.74, 6) is -1.14. The van der Waals surface area contributed by atoms with Crippen molar-refractivity contribution in [3.05, 3.63) is 28.7 Å². The topological polar surface area (TPSA) is 92.8 Å². The summed E-state index contributed by atoms with van der Waals surface area (Å²) in [7, 11) is -3.67. The SMILES string of the molecule is CCOC(=O)C1(NC(=O)C2CCCN(S(=O)(=O)c3ccc(Br)cc3)C2)CCCC1. The number of esters is 1. The third-order valence-corrected chi connectivity index (χ3v) is 8.10. The van der Waals surface area contributed by atoms with E-state index in [0.29, 0.717) is 32.2 Å². The molecule has 160 valence electrons. The standard InChI is InChI=1S/C20H27BrN2O5S/c1-2-28-19(25)20(11-3-4-12-20)22-18(24)15-6-5-13-23(14-15)29(26,27)17-9-7-16(21)8-10-17/h7-10,15H,2-6,11-14H2,1H3,(H,22,24). The first-order valence-corrected chi connectivity index (χ1v) is 12.3. The quantitative estimate of drug-likeness (QED) is 0.623. The molecule has 1 aromatic rings. The minimum absolute atomic E-state index is 0.114. The highest BCUT2D eigenvalue weighted by Crippen LogP contribution is 2.32. The van der Waals surface area contributed by atoms with Gasteiger partial charge >= 0.3 is 5.97 Å². The average Bonchev–Trinajstić information content (AvgIpc) is 3.18. The summed E-state index contributed by atoms with van der Waals surface area (Å²) < 4.78 is 33.3. The number of rotatable bonds is 6. The third kappa shape index (κ3) is 4.83. The highest BCUT2D eigenvalue weighted by atomic mass is 79.9. The van der Waals surface area contributed by atoms with Crippen LogP contribution in [0.5, 0.6) is 0 Å². The van der Waals surface area contributed by atoms with Gasteiger partial charge in [0.15, 0.2) is 0 Å². The van der Waals surface area contributed by atoms with E-state index in [4.69, 9.17) is 4.74 Å². The Balaban J connectivity index is 1.72. The summed E-state index contributed by atoms with van der Waals surface area (Å²) in [5, 5.41) is 2.92. The number of carbonyl (C=O) groups excluding carboxylic acids is 2. The van der Waals surface area contributed by atoms with E-state index in [1.54, 1.807) is 31.2 Å². The van der Waals surface area contributed by atoms with Gasteiger partial charge in [-0.3, -0.25) is 4.79 Å².